The van der Waals surface area contributed by atoms with Gasteiger partial charge in [0.15, 0.2) is 0 Å². The molecule has 0 unspecified atom stereocenters. The van der Waals surface area contributed by atoms with Crippen LogP contribution in [0.25, 0.3) is 0 Å². The molecule has 1 fully saturated rings. The standard InChI is InChI=1S/C23H21N3O3S/c27-21(16-6-3-8-18(14-16)25-22(28)20-10-5-13-30-20)24-19-9-4-7-17(15-19)23(29)26-11-1-2-12-26/h3-10,13-15H,1-2,11-12H2,(H,24,27)(H,25,28). The summed E-state index contributed by atoms with van der Waals surface area (Å²) in [6.07, 6.45) is 2.06. The molecule has 152 valence electrons. The summed E-state index contributed by atoms with van der Waals surface area (Å²) in [5.74, 6) is -0.537. The maximum atomic E-state index is 12.7. The van der Waals surface area contributed by atoms with E-state index >= 15 is 0 Å². The van der Waals surface area contributed by atoms with Crippen LogP contribution in [0, 0.1) is 0 Å². The van der Waals surface area contributed by atoms with E-state index in [1.165, 1.54) is 11.3 Å². The summed E-state index contributed by atoms with van der Waals surface area (Å²) in [5, 5.41) is 7.47. The molecule has 2 N–H and O–H groups in total. The molecule has 30 heavy (non-hydrogen) atoms. The number of hydrogen-bond donors (Lipinski definition) is 2. The Morgan fingerprint density at radius 3 is 2.07 bits per heavy atom. The summed E-state index contributed by atoms with van der Waals surface area (Å²) >= 11 is 1.35. The Bertz CT molecular complexity index is 1070. The Hall–Kier alpha value is -3.45. The molecule has 1 aliphatic heterocycles. The van der Waals surface area contributed by atoms with Gasteiger partial charge < -0.3 is 15.5 Å². The van der Waals surface area contributed by atoms with Gasteiger partial charge in [-0.2, -0.15) is 0 Å². The Morgan fingerprint density at radius 2 is 1.40 bits per heavy atom. The van der Waals surface area contributed by atoms with Crippen molar-refractivity contribution in [3.05, 3.63) is 82.0 Å². The predicted molar refractivity (Wildman–Crippen MR) is 118 cm³/mol. The Morgan fingerprint density at radius 1 is 0.767 bits per heavy atom. The molecular weight excluding hydrogens is 398 g/mol. The van der Waals surface area contributed by atoms with Crippen LogP contribution in [0.1, 0.15) is 43.2 Å². The SMILES string of the molecule is O=C(Nc1cccc(C(=O)N2CCCC2)c1)c1cccc(NC(=O)c2cccs2)c1. The van der Waals surface area contributed by atoms with Crippen molar-refractivity contribution in [2.75, 3.05) is 23.7 Å². The highest BCUT2D eigenvalue weighted by molar-refractivity contribution is 7.12. The molecule has 1 aliphatic rings. The zero-order chi connectivity index (χ0) is 20.9. The average Bonchev–Trinajstić information content (AvgIpc) is 3.48. The average molecular weight is 420 g/mol. The molecule has 0 bridgehead atoms. The molecule has 4 rings (SSSR count). The van der Waals surface area contributed by atoms with Crippen molar-refractivity contribution in [3.63, 3.8) is 0 Å². The number of carbonyl (C=O) groups excluding carboxylic acids is 3. The number of likely N-dealkylation sites (tertiary alicyclic amines) is 1. The third-order valence-electron chi connectivity index (χ3n) is 4.89. The summed E-state index contributed by atoms with van der Waals surface area (Å²) in [5.41, 5.74) is 2.07. The monoisotopic (exact) mass is 419 g/mol. The number of anilines is 2. The maximum Gasteiger partial charge on any atom is 0.265 e. The van der Waals surface area contributed by atoms with Crippen molar-refractivity contribution in [3.8, 4) is 0 Å². The molecule has 0 radical (unpaired) electrons. The van der Waals surface area contributed by atoms with Crippen molar-refractivity contribution in [2.45, 2.75) is 12.8 Å². The Balaban J connectivity index is 1.44. The van der Waals surface area contributed by atoms with Gasteiger partial charge in [0.1, 0.15) is 0 Å². The minimum absolute atomic E-state index is 0.0121. The van der Waals surface area contributed by atoms with E-state index in [0.717, 1.165) is 25.9 Å². The van der Waals surface area contributed by atoms with Gasteiger partial charge in [-0.25, -0.2) is 0 Å². The van der Waals surface area contributed by atoms with Crippen LogP contribution in [-0.2, 0) is 0 Å². The van der Waals surface area contributed by atoms with Gasteiger partial charge in [0.2, 0.25) is 0 Å². The van der Waals surface area contributed by atoms with Gasteiger partial charge in [-0.1, -0.05) is 18.2 Å². The first kappa shape index (κ1) is 19.8. The minimum atomic E-state index is -0.312. The summed E-state index contributed by atoms with van der Waals surface area (Å²) < 4.78 is 0. The lowest BCUT2D eigenvalue weighted by atomic mass is 10.1. The van der Waals surface area contributed by atoms with Gasteiger partial charge in [-0.15, -0.1) is 11.3 Å². The normalized spacial score (nSPS) is 13.1. The van der Waals surface area contributed by atoms with Crippen molar-refractivity contribution in [1.29, 1.82) is 0 Å². The molecule has 1 saturated heterocycles. The maximum absolute atomic E-state index is 12.7. The third-order valence-corrected chi connectivity index (χ3v) is 5.76. The van der Waals surface area contributed by atoms with Crippen LogP contribution < -0.4 is 10.6 Å². The number of thiophene rings is 1. The number of carbonyl (C=O) groups is 3. The molecule has 0 saturated carbocycles. The number of amides is 3. The number of nitrogens with one attached hydrogen (secondary N) is 2. The van der Waals surface area contributed by atoms with E-state index in [-0.39, 0.29) is 17.7 Å². The summed E-state index contributed by atoms with van der Waals surface area (Å²) in [6.45, 7) is 1.55. The predicted octanol–water partition coefficient (Wildman–Crippen LogP) is 4.49. The molecule has 7 heteroatoms. The van der Waals surface area contributed by atoms with E-state index in [9.17, 15) is 14.4 Å². The van der Waals surface area contributed by atoms with Crippen LogP contribution >= 0.6 is 11.3 Å². The van der Waals surface area contributed by atoms with E-state index in [0.29, 0.717) is 27.4 Å². The first-order valence-electron chi connectivity index (χ1n) is 9.76. The van der Waals surface area contributed by atoms with Crippen LogP contribution in [0.3, 0.4) is 0 Å². The van der Waals surface area contributed by atoms with Gasteiger partial charge >= 0.3 is 0 Å². The van der Waals surface area contributed by atoms with Crippen molar-refractivity contribution in [1.82, 2.24) is 4.90 Å². The number of benzene rings is 2. The molecule has 3 amide bonds. The molecule has 3 aromatic rings. The van der Waals surface area contributed by atoms with Gasteiger partial charge in [-0.3, -0.25) is 14.4 Å². The van der Waals surface area contributed by atoms with E-state index in [2.05, 4.69) is 10.6 Å². The topological polar surface area (TPSA) is 78.5 Å². The lowest BCUT2D eigenvalue weighted by molar-refractivity contribution is 0.0792. The van der Waals surface area contributed by atoms with Gasteiger partial charge in [-0.05, 0) is 60.7 Å². The second-order valence-electron chi connectivity index (χ2n) is 7.05. The second-order valence-corrected chi connectivity index (χ2v) is 7.99. The van der Waals surface area contributed by atoms with Crippen LogP contribution in [0.15, 0.2) is 66.0 Å². The summed E-state index contributed by atoms with van der Waals surface area (Å²) in [6, 6.07) is 17.3. The number of nitrogens with zero attached hydrogens (tertiary/aromatic N) is 1. The highest BCUT2D eigenvalue weighted by Gasteiger charge is 2.19. The quantitative estimate of drug-likeness (QED) is 0.640. The fraction of sp³-hybridized carbons (Fsp3) is 0.174. The number of hydrogen-bond acceptors (Lipinski definition) is 4. The zero-order valence-electron chi connectivity index (χ0n) is 16.3. The highest BCUT2D eigenvalue weighted by atomic mass is 32.1. The molecule has 0 spiro atoms. The van der Waals surface area contributed by atoms with Crippen LogP contribution in [0.4, 0.5) is 11.4 Å². The highest BCUT2D eigenvalue weighted by Crippen LogP contribution is 2.19. The Labute approximate surface area is 178 Å². The molecule has 0 aliphatic carbocycles. The molecule has 6 nitrogen and oxygen atoms in total. The first-order valence-corrected chi connectivity index (χ1v) is 10.6. The Kier molecular flexibility index (Phi) is 5.90. The summed E-state index contributed by atoms with van der Waals surface area (Å²) in [4.78, 5) is 39.9. The fourth-order valence-electron chi connectivity index (χ4n) is 3.37. The van der Waals surface area contributed by atoms with Crippen molar-refractivity contribution >= 4 is 40.4 Å². The summed E-state index contributed by atoms with van der Waals surface area (Å²) in [7, 11) is 0. The van der Waals surface area contributed by atoms with E-state index in [1.54, 1.807) is 54.6 Å². The first-order chi connectivity index (χ1) is 14.6. The third kappa shape index (κ3) is 4.58. The van der Waals surface area contributed by atoms with E-state index < -0.39 is 0 Å². The van der Waals surface area contributed by atoms with Gasteiger partial charge in [0.25, 0.3) is 17.7 Å². The molecule has 2 heterocycles. The van der Waals surface area contributed by atoms with Gasteiger partial charge in [0.05, 0.1) is 4.88 Å². The lowest BCUT2D eigenvalue weighted by Crippen LogP contribution is -2.27. The van der Waals surface area contributed by atoms with E-state index in [1.807, 2.05) is 16.3 Å². The minimum Gasteiger partial charge on any atom is -0.339 e. The number of rotatable bonds is 5. The molecule has 2 aromatic carbocycles. The van der Waals surface area contributed by atoms with Crippen LogP contribution in [-0.4, -0.2) is 35.7 Å². The largest absolute Gasteiger partial charge is 0.339 e. The smallest absolute Gasteiger partial charge is 0.265 e. The molecule has 1 aromatic heterocycles. The van der Waals surface area contributed by atoms with Crippen molar-refractivity contribution in [2.24, 2.45) is 0 Å². The van der Waals surface area contributed by atoms with Crippen molar-refractivity contribution < 1.29 is 14.4 Å². The lowest BCUT2D eigenvalue weighted by Gasteiger charge is -2.16. The van der Waals surface area contributed by atoms with Crippen LogP contribution in [0.5, 0.6) is 0 Å². The van der Waals surface area contributed by atoms with E-state index in [4.69, 9.17) is 0 Å². The zero-order valence-corrected chi connectivity index (χ0v) is 17.1. The molecular formula is C23H21N3O3S. The molecule has 0 atom stereocenters. The fourth-order valence-corrected chi connectivity index (χ4v) is 3.99. The second kappa shape index (κ2) is 8.92. The van der Waals surface area contributed by atoms with Gasteiger partial charge in [0, 0.05) is 35.6 Å². The van der Waals surface area contributed by atoms with Crippen LogP contribution in [0.2, 0.25) is 0 Å².